The number of fused-ring (bicyclic) bond motifs is 2. The van der Waals surface area contributed by atoms with Gasteiger partial charge in [0.25, 0.3) is 10.0 Å². The lowest BCUT2D eigenvalue weighted by Gasteiger charge is -2.23. The minimum atomic E-state index is -3.79. The first-order chi connectivity index (χ1) is 20.2. The summed E-state index contributed by atoms with van der Waals surface area (Å²) < 4.78 is 42.6. The maximum atomic E-state index is 13.4. The fourth-order valence-corrected chi connectivity index (χ4v) is 9.43. The van der Waals surface area contributed by atoms with Crippen LogP contribution in [-0.2, 0) is 16.4 Å². The number of benzene rings is 1. The first-order valence-electron chi connectivity index (χ1n) is 13.4. The van der Waals surface area contributed by atoms with Gasteiger partial charge in [-0.2, -0.15) is 0 Å². The van der Waals surface area contributed by atoms with Crippen molar-refractivity contribution in [1.82, 2.24) is 14.4 Å². The molecule has 216 valence electrons. The molecule has 1 fully saturated rings. The van der Waals surface area contributed by atoms with Crippen LogP contribution < -0.4 is 14.9 Å². The van der Waals surface area contributed by atoms with Crippen LogP contribution in [0.2, 0.25) is 0 Å². The Morgan fingerprint density at radius 1 is 1.14 bits per heavy atom. The number of pyridine rings is 1. The van der Waals surface area contributed by atoms with Gasteiger partial charge < -0.3 is 18.9 Å². The van der Waals surface area contributed by atoms with Gasteiger partial charge in [0, 0.05) is 39.7 Å². The van der Waals surface area contributed by atoms with Crippen molar-refractivity contribution in [2.75, 3.05) is 7.11 Å². The summed E-state index contributed by atoms with van der Waals surface area (Å²) in [6.07, 6.45) is 6.99. The van der Waals surface area contributed by atoms with Crippen LogP contribution in [0.25, 0.3) is 31.9 Å². The standard InChI is InChI=1S/C29H25N3O7S3/c1-38-28-16(7-8-17-26(28)32(15-5-6-15)14-19(27(17)33)29(34)35)24-13-18-20(3-2-4-22(18)40-24)31-42(36,37)25-10-9-23(41-25)21-11-12-39-30-21/h7-15,20,31H,2-6H2,1H3,(H,34,35). The Morgan fingerprint density at radius 3 is 2.69 bits per heavy atom. The number of aromatic nitrogens is 2. The molecule has 2 aliphatic carbocycles. The molecule has 0 amide bonds. The third-order valence-electron chi connectivity index (χ3n) is 7.74. The van der Waals surface area contributed by atoms with Crippen molar-refractivity contribution >= 4 is 49.6 Å². The number of methoxy groups -OCH3 is 1. The molecule has 2 aliphatic rings. The zero-order valence-electron chi connectivity index (χ0n) is 22.3. The molecule has 2 N–H and O–H groups in total. The molecular weight excluding hydrogens is 599 g/mol. The number of carboxylic acids is 1. The zero-order valence-corrected chi connectivity index (χ0v) is 24.8. The Labute approximate surface area is 248 Å². The predicted octanol–water partition coefficient (Wildman–Crippen LogP) is 5.84. The molecule has 4 heterocycles. The van der Waals surface area contributed by atoms with Gasteiger partial charge in [-0.25, -0.2) is 17.9 Å². The highest BCUT2D eigenvalue weighted by Gasteiger charge is 2.32. The second kappa shape index (κ2) is 10.2. The summed E-state index contributed by atoms with van der Waals surface area (Å²) in [5.41, 5.74) is 2.07. The normalized spacial score (nSPS) is 16.9. The Bertz CT molecular complexity index is 2020. The molecule has 0 saturated heterocycles. The first kappa shape index (κ1) is 27.1. The number of sulfonamides is 1. The van der Waals surface area contributed by atoms with Crippen LogP contribution in [0.4, 0.5) is 0 Å². The van der Waals surface area contributed by atoms with E-state index in [1.807, 2.05) is 10.6 Å². The van der Waals surface area contributed by atoms with Gasteiger partial charge in [0.1, 0.15) is 21.7 Å². The molecule has 1 aromatic carbocycles. The van der Waals surface area contributed by atoms with Crippen LogP contribution in [0.5, 0.6) is 5.75 Å². The van der Waals surface area contributed by atoms with Crippen LogP contribution in [0.3, 0.4) is 0 Å². The summed E-state index contributed by atoms with van der Waals surface area (Å²) in [7, 11) is -2.24. The minimum absolute atomic E-state index is 0.104. The van der Waals surface area contributed by atoms with E-state index in [1.165, 1.54) is 12.5 Å². The van der Waals surface area contributed by atoms with Gasteiger partial charge in [-0.1, -0.05) is 5.16 Å². The number of aryl methyl sites for hydroxylation is 1. The van der Waals surface area contributed by atoms with Gasteiger partial charge in [-0.15, -0.1) is 22.7 Å². The summed E-state index contributed by atoms with van der Waals surface area (Å²) in [4.78, 5) is 27.6. The molecule has 5 aromatic rings. The molecular formula is C29H25N3O7S3. The fraction of sp³-hybridized carbons (Fsp3) is 0.276. The average molecular weight is 624 g/mol. The highest BCUT2D eigenvalue weighted by atomic mass is 32.2. The van der Waals surface area contributed by atoms with Crippen LogP contribution in [-0.4, -0.2) is 36.3 Å². The zero-order chi connectivity index (χ0) is 29.2. The molecule has 4 aromatic heterocycles. The molecule has 1 saturated carbocycles. The number of carbonyl (C=O) groups is 1. The van der Waals surface area contributed by atoms with E-state index in [1.54, 1.807) is 48.8 Å². The molecule has 13 heteroatoms. The lowest BCUT2D eigenvalue weighted by Crippen LogP contribution is -2.30. The second-order valence-corrected chi connectivity index (χ2v) is 14.6. The Hall–Kier alpha value is -3.78. The monoisotopic (exact) mass is 623 g/mol. The maximum Gasteiger partial charge on any atom is 0.341 e. The number of hydrogen-bond acceptors (Lipinski definition) is 9. The van der Waals surface area contributed by atoms with E-state index in [0.717, 1.165) is 57.9 Å². The first-order valence-corrected chi connectivity index (χ1v) is 16.5. The molecule has 42 heavy (non-hydrogen) atoms. The number of thiophene rings is 2. The van der Waals surface area contributed by atoms with Crippen molar-refractivity contribution in [1.29, 1.82) is 0 Å². The molecule has 1 atom stereocenters. The lowest BCUT2D eigenvalue weighted by molar-refractivity contribution is 0.0694. The van der Waals surface area contributed by atoms with Gasteiger partial charge in [0.15, 0.2) is 5.75 Å². The Morgan fingerprint density at radius 2 is 1.98 bits per heavy atom. The predicted molar refractivity (Wildman–Crippen MR) is 159 cm³/mol. The van der Waals surface area contributed by atoms with Crippen molar-refractivity contribution in [3.8, 4) is 26.8 Å². The quantitative estimate of drug-likeness (QED) is 0.220. The third-order valence-corrected chi connectivity index (χ3v) is 12.1. The Kier molecular flexibility index (Phi) is 6.57. The number of nitrogens with zero attached hydrogens (tertiary/aromatic N) is 2. The van der Waals surface area contributed by atoms with Gasteiger partial charge in [0.05, 0.1) is 22.9 Å². The van der Waals surface area contributed by atoms with Crippen molar-refractivity contribution < 1.29 is 27.6 Å². The highest BCUT2D eigenvalue weighted by molar-refractivity contribution is 7.91. The molecule has 0 aliphatic heterocycles. The van der Waals surface area contributed by atoms with E-state index in [-0.39, 0.29) is 15.8 Å². The number of carboxylic acid groups (broad SMARTS) is 1. The summed E-state index contributed by atoms with van der Waals surface area (Å²) in [5.74, 6) is -0.751. The van der Waals surface area contributed by atoms with E-state index >= 15 is 0 Å². The summed E-state index contributed by atoms with van der Waals surface area (Å²) >= 11 is 2.72. The minimum Gasteiger partial charge on any atom is -0.494 e. The number of rotatable bonds is 8. The average Bonchev–Trinajstić information content (AvgIpc) is 3.35. The topological polar surface area (TPSA) is 141 Å². The maximum absolute atomic E-state index is 13.4. The second-order valence-electron chi connectivity index (χ2n) is 10.4. The Balaban J connectivity index is 1.27. The van der Waals surface area contributed by atoms with Crippen molar-refractivity contribution in [3.05, 3.63) is 75.1 Å². The van der Waals surface area contributed by atoms with E-state index < -0.39 is 27.5 Å². The molecule has 0 radical (unpaired) electrons. The van der Waals surface area contributed by atoms with Gasteiger partial charge in [0.2, 0.25) is 5.43 Å². The fourth-order valence-electron chi connectivity index (χ4n) is 5.61. The summed E-state index contributed by atoms with van der Waals surface area (Å²) in [6, 6.07) is 10.2. The van der Waals surface area contributed by atoms with E-state index in [9.17, 15) is 23.1 Å². The van der Waals surface area contributed by atoms with Crippen LogP contribution in [0, 0.1) is 0 Å². The van der Waals surface area contributed by atoms with Gasteiger partial charge >= 0.3 is 5.97 Å². The number of aromatic carboxylic acids is 1. The molecule has 10 nitrogen and oxygen atoms in total. The van der Waals surface area contributed by atoms with Crippen molar-refractivity contribution in [2.45, 2.75) is 48.4 Å². The smallest absolute Gasteiger partial charge is 0.341 e. The summed E-state index contributed by atoms with van der Waals surface area (Å²) in [5, 5.41) is 13.8. The third kappa shape index (κ3) is 4.56. The summed E-state index contributed by atoms with van der Waals surface area (Å²) in [6.45, 7) is 0. The van der Waals surface area contributed by atoms with Crippen molar-refractivity contribution in [2.24, 2.45) is 0 Å². The van der Waals surface area contributed by atoms with Gasteiger partial charge in [-0.3, -0.25) is 4.79 Å². The molecule has 0 bridgehead atoms. The van der Waals surface area contributed by atoms with Crippen molar-refractivity contribution in [3.63, 3.8) is 0 Å². The van der Waals surface area contributed by atoms with E-state index in [4.69, 9.17) is 9.26 Å². The van der Waals surface area contributed by atoms with Gasteiger partial charge in [-0.05, 0) is 68.0 Å². The SMILES string of the molecule is COc1c(-c2cc3c(s2)CCCC3NS(=O)(=O)c2ccc(-c3ccon3)s2)ccc2c(=O)c(C(=O)O)cn(C3CC3)c12. The molecule has 0 spiro atoms. The number of nitrogens with one attached hydrogen (secondary N) is 1. The molecule has 7 rings (SSSR count). The van der Waals surface area contributed by atoms with Crippen LogP contribution in [0.1, 0.15) is 58.6 Å². The van der Waals surface area contributed by atoms with Crippen LogP contribution >= 0.6 is 22.7 Å². The number of hydrogen-bond donors (Lipinski definition) is 2. The number of ether oxygens (including phenoxy) is 1. The largest absolute Gasteiger partial charge is 0.494 e. The molecule has 1 unspecified atom stereocenters. The van der Waals surface area contributed by atoms with E-state index in [2.05, 4.69) is 9.88 Å². The van der Waals surface area contributed by atoms with E-state index in [0.29, 0.717) is 33.6 Å². The highest BCUT2D eigenvalue weighted by Crippen LogP contribution is 2.47. The van der Waals surface area contributed by atoms with Crippen LogP contribution in [0.15, 0.2) is 62.4 Å². The lowest BCUT2D eigenvalue weighted by atomic mass is 9.94.